The molecule has 0 bridgehead atoms. The molecule has 0 spiro atoms. The number of amides is 1. The Labute approximate surface area is 192 Å². The molecule has 0 radical (unpaired) electrons. The van der Waals surface area contributed by atoms with Gasteiger partial charge in [-0.05, 0) is 68.1 Å². The third-order valence-electron chi connectivity index (χ3n) is 5.77. The molecule has 0 saturated heterocycles. The summed E-state index contributed by atoms with van der Waals surface area (Å²) >= 11 is 0. The fraction of sp³-hybridized carbons (Fsp3) is 0.308. The van der Waals surface area contributed by atoms with Gasteiger partial charge in [0.2, 0.25) is 11.9 Å². The average molecular weight is 442 g/mol. The number of unbranched alkanes of at least 4 members (excludes halogenated alkanes) is 1. The monoisotopic (exact) mass is 441 g/mol. The molecule has 1 amide bonds. The molecule has 1 fully saturated rings. The molecule has 1 N–H and O–H groups in total. The summed E-state index contributed by atoms with van der Waals surface area (Å²) in [6.07, 6.45) is 7.13. The predicted molar refractivity (Wildman–Crippen MR) is 127 cm³/mol. The van der Waals surface area contributed by atoms with E-state index in [1.54, 1.807) is 4.52 Å². The van der Waals surface area contributed by atoms with Gasteiger partial charge in [-0.15, -0.1) is 5.10 Å². The zero-order valence-corrected chi connectivity index (χ0v) is 18.7. The number of hydrogen-bond donors (Lipinski definition) is 1. The minimum Gasteiger partial charge on any atom is -0.489 e. The summed E-state index contributed by atoms with van der Waals surface area (Å²) in [4.78, 5) is 21.0. The minimum atomic E-state index is -0.000225. The number of aryl methyl sites for hydroxylation is 1. The molecule has 1 aliphatic carbocycles. The Kier molecular flexibility index (Phi) is 6.02. The summed E-state index contributed by atoms with van der Waals surface area (Å²) < 4.78 is 7.70. The summed E-state index contributed by atoms with van der Waals surface area (Å²) in [6.45, 7) is 2.66. The third kappa shape index (κ3) is 5.03. The number of carbonyl (C=O) groups is 1. The molecule has 168 valence electrons. The smallest absolute Gasteiger partial charge is 0.249 e. The van der Waals surface area contributed by atoms with Gasteiger partial charge < -0.3 is 4.74 Å². The Hall–Kier alpha value is -3.74. The van der Waals surface area contributed by atoms with Crippen LogP contribution in [0.2, 0.25) is 0 Å². The summed E-state index contributed by atoms with van der Waals surface area (Å²) in [5.41, 5.74) is 4.74. The Balaban J connectivity index is 1.26. The van der Waals surface area contributed by atoms with Crippen LogP contribution in [0.25, 0.3) is 16.9 Å². The number of pyridine rings is 2. The number of nitrogens with zero attached hydrogens (tertiary/aromatic N) is 4. The van der Waals surface area contributed by atoms with Crippen molar-refractivity contribution in [1.29, 1.82) is 0 Å². The van der Waals surface area contributed by atoms with E-state index in [4.69, 9.17) is 4.74 Å². The SMILES string of the molecule is CCCCc1ccc(COc2ccc(-c3cccc4nc(NC(=O)C5CC5)nn34)cc2)cn1. The number of hydrogen-bond acceptors (Lipinski definition) is 5. The van der Waals surface area contributed by atoms with Gasteiger partial charge in [-0.2, -0.15) is 4.98 Å². The lowest BCUT2D eigenvalue weighted by atomic mass is 10.1. The van der Waals surface area contributed by atoms with Crippen LogP contribution in [0.5, 0.6) is 5.75 Å². The maximum absolute atomic E-state index is 12.0. The molecule has 1 aromatic carbocycles. The zero-order valence-electron chi connectivity index (χ0n) is 18.7. The number of aromatic nitrogens is 4. The standard InChI is InChI=1S/C26H27N5O2/c1-2-3-5-21-13-8-18(16-27-21)17-33-22-14-11-19(12-15-22)23-6-4-7-24-28-26(30-31(23)24)29-25(32)20-9-10-20/h4,6-8,11-16,20H,2-3,5,9-10,17H2,1H3,(H,29,30,32). The lowest BCUT2D eigenvalue weighted by molar-refractivity contribution is -0.117. The lowest BCUT2D eigenvalue weighted by Gasteiger charge is -2.09. The second-order valence-corrected chi connectivity index (χ2v) is 8.45. The number of carbonyl (C=O) groups excluding carboxylic acids is 1. The number of nitrogens with one attached hydrogen (secondary N) is 1. The first-order valence-electron chi connectivity index (χ1n) is 11.5. The van der Waals surface area contributed by atoms with Gasteiger partial charge in [0.25, 0.3) is 0 Å². The van der Waals surface area contributed by atoms with E-state index in [0.29, 0.717) is 18.2 Å². The highest BCUT2D eigenvalue weighted by molar-refractivity contribution is 5.92. The van der Waals surface area contributed by atoms with Crippen molar-refractivity contribution >= 4 is 17.5 Å². The van der Waals surface area contributed by atoms with Gasteiger partial charge in [0.05, 0.1) is 5.69 Å². The first-order valence-corrected chi connectivity index (χ1v) is 11.5. The van der Waals surface area contributed by atoms with Gasteiger partial charge in [-0.25, -0.2) is 4.52 Å². The minimum absolute atomic E-state index is 0.000225. The van der Waals surface area contributed by atoms with Crippen LogP contribution in [0.1, 0.15) is 43.9 Å². The zero-order chi connectivity index (χ0) is 22.6. The summed E-state index contributed by atoms with van der Waals surface area (Å²) in [7, 11) is 0. The van der Waals surface area contributed by atoms with E-state index in [0.717, 1.165) is 53.9 Å². The van der Waals surface area contributed by atoms with Crippen molar-refractivity contribution in [1.82, 2.24) is 19.6 Å². The summed E-state index contributed by atoms with van der Waals surface area (Å²) in [6, 6.07) is 17.9. The molecule has 4 aromatic rings. The van der Waals surface area contributed by atoms with Gasteiger partial charge in [-0.3, -0.25) is 15.1 Å². The number of rotatable bonds is 9. The van der Waals surface area contributed by atoms with E-state index in [1.807, 2.05) is 48.7 Å². The second kappa shape index (κ2) is 9.40. The van der Waals surface area contributed by atoms with Crippen molar-refractivity contribution in [2.75, 3.05) is 5.32 Å². The van der Waals surface area contributed by atoms with E-state index in [2.05, 4.69) is 39.4 Å². The molecule has 0 unspecified atom stereocenters. The maximum atomic E-state index is 12.0. The van der Waals surface area contributed by atoms with Crippen LogP contribution in [0, 0.1) is 5.92 Å². The van der Waals surface area contributed by atoms with Gasteiger partial charge in [0.1, 0.15) is 12.4 Å². The Morgan fingerprint density at radius 1 is 1.12 bits per heavy atom. The molecule has 5 rings (SSSR count). The molecule has 3 aromatic heterocycles. The summed E-state index contributed by atoms with van der Waals surface area (Å²) in [5, 5.41) is 7.32. The van der Waals surface area contributed by atoms with Gasteiger partial charge >= 0.3 is 0 Å². The van der Waals surface area contributed by atoms with Crippen molar-refractivity contribution in [3.63, 3.8) is 0 Å². The molecule has 0 aliphatic heterocycles. The topological polar surface area (TPSA) is 81.4 Å². The fourth-order valence-electron chi connectivity index (χ4n) is 3.67. The van der Waals surface area contributed by atoms with Crippen LogP contribution in [-0.4, -0.2) is 25.5 Å². The van der Waals surface area contributed by atoms with Crippen molar-refractivity contribution < 1.29 is 9.53 Å². The Morgan fingerprint density at radius 2 is 1.97 bits per heavy atom. The molecular formula is C26H27N5O2. The highest BCUT2D eigenvalue weighted by atomic mass is 16.5. The van der Waals surface area contributed by atoms with Crippen LogP contribution in [0.15, 0.2) is 60.8 Å². The van der Waals surface area contributed by atoms with E-state index in [9.17, 15) is 4.79 Å². The van der Waals surface area contributed by atoms with Gasteiger partial charge in [-0.1, -0.05) is 25.5 Å². The first-order chi connectivity index (χ1) is 16.2. The van der Waals surface area contributed by atoms with E-state index >= 15 is 0 Å². The van der Waals surface area contributed by atoms with Crippen molar-refractivity contribution in [3.8, 4) is 17.0 Å². The average Bonchev–Trinajstić information content (AvgIpc) is 3.62. The number of fused-ring (bicyclic) bond motifs is 1. The van der Waals surface area contributed by atoms with Gasteiger partial charge in [0, 0.05) is 28.9 Å². The highest BCUT2D eigenvalue weighted by Gasteiger charge is 2.30. The number of anilines is 1. The number of benzene rings is 1. The maximum Gasteiger partial charge on any atom is 0.249 e. The van der Waals surface area contributed by atoms with Crippen LogP contribution in [0.4, 0.5) is 5.95 Å². The summed E-state index contributed by atoms with van der Waals surface area (Å²) in [5.74, 6) is 1.24. The van der Waals surface area contributed by atoms with E-state index in [1.165, 1.54) is 6.42 Å². The van der Waals surface area contributed by atoms with Crippen molar-refractivity contribution in [2.45, 2.75) is 45.6 Å². The molecule has 33 heavy (non-hydrogen) atoms. The third-order valence-corrected chi connectivity index (χ3v) is 5.77. The van der Waals surface area contributed by atoms with Crippen LogP contribution >= 0.6 is 0 Å². The Morgan fingerprint density at radius 3 is 2.70 bits per heavy atom. The Bertz CT molecular complexity index is 1240. The van der Waals surface area contributed by atoms with Crippen molar-refractivity contribution in [3.05, 3.63) is 72.1 Å². The van der Waals surface area contributed by atoms with E-state index < -0.39 is 0 Å². The fourth-order valence-corrected chi connectivity index (χ4v) is 3.67. The second-order valence-electron chi connectivity index (χ2n) is 8.45. The normalized spacial score (nSPS) is 13.2. The predicted octanol–water partition coefficient (Wildman–Crippen LogP) is 5.06. The molecule has 7 heteroatoms. The molecule has 1 aliphatic rings. The van der Waals surface area contributed by atoms with Crippen LogP contribution < -0.4 is 10.1 Å². The van der Waals surface area contributed by atoms with Crippen LogP contribution in [0.3, 0.4) is 0 Å². The van der Waals surface area contributed by atoms with Crippen LogP contribution in [-0.2, 0) is 17.8 Å². The highest BCUT2D eigenvalue weighted by Crippen LogP contribution is 2.30. The first kappa shape index (κ1) is 21.1. The van der Waals surface area contributed by atoms with E-state index in [-0.39, 0.29) is 11.8 Å². The largest absolute Gasteiger partial charge is 0.489 e. The van der Waals surface area contributed by atoms with Gasteiger partial charge in [0.15, 0.2) is 5.65 Å². The van der Waals surface area contributed by atoms with Crippen molar-refractivity contribution in [2.24, 2.45) is 5.92 Å². The lowest BCUT2D eigenvalue weighted by Crippen LogP contribution is -2.14. The molecule has 1 saturated carbocycles. The molecule has 0 atom stereocenters. The number of ether oxygens (including phenoxy) is 1. The molecular weight excluding hydrogens is 414 g/mol. The molecule has 3 heterocycles. The quantitative estimate of drug-likeness (QED) is 0.393. The molecule has 7 nitrogen and oxygen atoms in total.